The van der Waals surface area contributed by atoms with Gasteiger partial charge in [-0.25, -0.2) is 4.79 Å². The normalized spacial score (nSPS) is 12.1. The highest BCUT2D eigenvalue weighted by molar-refractivity contribution is 5.67. The van der Waals surface area contributed by atoms with Gasteiger partial charge in [-0.3, -0.25) is 0 Å². The van der Waals surface area contributed by atoms with Crippen LogP contribution in [0, 0.1) is 0 Å². The number of alkyl carbamates (subject to hydrolysis) is 1. The molecule has 0 radical (unpaired) electrons. The number of amides is 1. The lowest BCUT2D eigenvalue weighted by atomic mass is 10.0. The molecule has 2 N–H and O–H groups in total. The molecule has 0 aromatic carbocycles. The van der Waals surface area contributed by atoms with Crippen LogP contribution in [0.3, 0.4) is 0 Å². The Kier molecular flexibility index (Phi) is 50.5. The van der Waals surface area contributed by atoms with E-state index in [0.29, 0.717) is 26.2 Å². The zero-order chi connectivity index (χ0) is 42.2. The smallest absolute Gasteiger partial charge is 0.407 e. The van der Waals surface area contributed by atoms with E-state index in [9.17, 15) is 4.79 Å². The van der Waals surface area contributed by atoms with Gasteiger partial charge in [-0.05, 0) is 46.5 Å². The van der Waals surface area contributed by atoms with Gasteiger partial charge in [-0.1, -0.05) is 213 Å². The van der Waals surface area contributed by atoms with Gasteiger partial charge in [0.15, 0.2) is 0 Å². The minimum atomic E-state index is -0.456. The maximum absolute atomic E-state index is 12.0. The van der Waals surface area contributed by atoms with Crippen LogP contribution in [0.2, 0.25) is 0 Å². The SMILES string of the molecule is CCCCCCCCCCCCCCCCCCOCC(COC(=O)NCCCO)OCCCCCCCCCCCCCCCCCC.CCCOC(C)(C)C. The maximum atomic E-state index is 12.0. The Hall–Kier alpha value is -0.890. The van der Waals surface area contributed by atoms with Crippen molar-refractivity contribution in [3.05, 3.63) is 0 Å². The first-order valence-electron chi connectivity index (χ1n) is 25.1. The molecule has 0 aromatic heterocycles. The van der Waals surface area contributed by atoms with Gasteiger partial charge in [-0.2, -0.15) is 0 Å². The van der Waals surface area contributed by atoms with E-state index in [1.165, 1.54) is 193 Å². The molecule has 0 heterocycles. The van der Waals surface area contributed by atoms with Crippen LogP contribution in [-0.2, 0) is 18.9 Å². The molecule has 0 aliphatic heterocycles. The van der Waals surface area contributed by atoms with Crippen LogP contribution >= 0.6 is 0 Å². The van der Waals surface area contributed by atoms with E-state index in [0.717, 1.165) is 32.5 Å². The van der Waals surface area contributed by atoms with Crippen LogP contribution in [-0.4, -0.2) is 69.1 Å². The molecule has 0 aromatic rings. The van der Waals surface area contributed by atoms with Crippen LogP contribution in [0.25, 0.3) is 0 Å². The van der Waals surface area contributed by atoms with E-state index in [1.54, 1.807) is 0 Å². The summed E-state index contributed by atoms with van der Waals surface area (Å²) in [5.41, 5.74) is 0.0516. The molecule has 0 fully saturated rings. The topological polar surface area (TPSA) is 86.3 Å². The molecule has 0 aliphatic rings. The summed E-state index contributed by atoms with van der Waals surface area (Å²) in [6, 6.07) is 0. The van der Waals surface area contributed by atoms with E-state index in [4.69, 9.17) is 24.1 Å². The van der Waals surface area contributed by atoms with Gasteiger partial charge in [0.1, 0.15) is 12.7 Å². The molecule has 0 saturated heterocycles. The summed E-state index contributed by atoms with van der Waals surface area (Å²) >= 11 is 0. The van der Waals surface area contributed by atoms with Gasteiger partial charge in [-0.15, -0.1) is 0 Å². The zero-order valence-corrected chi connectivity index (χ0v) is 39.6. The predicted octanol–water partition coefficient (Wildman–Crippen LogP) is 15.2. The molecule has 0 aliphatic carbocycles. The first-order valence-corrected chi connectivity index (χ1v) is 25.1. The first kappa shape index (κ1) is 58.2. The van der Waals surface area contributed by atoms with Gasteiger partial charge in [0.2, 0.25) is 0 Å². The lowest BCUT2D eigenvalue weighted by Gasteiger charge is -2.18. The lowest BCUT2D eigenvalue weighted by molar-refractivity contribution is -0.0468. The second-order valence-electron chi connectivity index (χ2n) is 17.7. The number of hydrogen-bond donors (Lipinski definition) is 2. The third kappa shape index (κ3) is 55.1. The van der Waals surface area contributed by atoms with Crippen molar-refractivity contribution >= 4 is 6.09 Å². The zero-order valence-electron chi connectivity index (χ0n) is 39.6. The van der Waals surface area contributed by atoms with Gasteiger partial charge in [0.25, 0.3) is 0 Å². The van der Waals surface area contributed by atoms with Gasteiger partial charge in [0.05, 0.1) is 12.2 Å². The quantitative estimate of drug-likeness (QED) is 0.0596. The molecule has 344 valence electrons. The highest BCUT2D eigenvalue weighted by atomic mass is 16.6. The summed E-state index contributed by atoms with van der Waals surface area (Å²) in [5, 5.41) is 11.6. The third-order valence-electron chi connectivity index (χ3n) is 10.5. The largest absolute Gasteiger partial charge is 0.447 e. The highest BCUT2D eigenvalue weighted by Gasteiger charge is 2.13. The Morgan fingerprint density at radius 1 is 0.474 bits per heavy atom. The number of aliphatic hydroxyl groups excluding tert-OH is 1. The highest BCUT2D eigenvalue weighted by Crippen LogP contribution is 2.16. The fourth-order valence-corrected chi connectivity index (χ4v) is 6.91. The molecule has 0 spiro atoms. The second-order valence-corrected chi connectivity index (χ2v) is 17.7. The Morgan fingerprint density at radius 3 is 1.18 bits per heavy atom. The van der Waals surface area contributed by atoms with E-state index in [2.05, 4.69) is 46.9 Å². The average Bonchev–Trinajstić information content (AvgIpc) is 3.19. The van der Waals surface area contributed by atoms with Crippen molar-refractivity contribution in [3.63, 3.8) is 0 Å². The molecule has 0 saturated carbocycles. The molecule has 0 rings (SSSR count). The van der Waals surface area contributed by atoms with E-state index in [1.807, 2.05) is 0 Å². The number of carbonyl (C=O) groups is 1. The Balaban J connectivity index is 0. The molecular weight excluding hydrogens is 711 g/mol. The summed E-state index contributed by atoms with van der Waals surface area (Å²) in [5.74, 6) is 0. The number of rotatable bonds is 44. The number of hydrogen-bond acceptors (Lipinski definition) is 6. The summed E-state index contributed by atoms with van der Waals surface area (Å²) in [4.78, 5) is 12.0. The second kappa shape index (κ2) is 49.5. The number of nitrogens with one attached hydrogen (secondary N) is 1. The molecule has 7 nitrogen and oxygen atoms in total. The fraction of sp³-hybridized carbons (Fsp3) is 0.980. The molecule has 57 heavy (non-hydrogen) atoms. The summed E-state index contributed by atoms with van der Waals surface area (Å²) < 4.78 is 22.8. The van der Waals surface area contributed by atoms with Crippen LogP contribution in [0.5, 0.6) is 0 Å². The maximum Gasteiger partial charge on any atom is 0.407 e. The van der Waals surface area contributed by atoms with E-state index < -0.39 is 6.09 Å². The van der Waals surface area contributed by atoms with Crippen molar-refractivity contribution < 1.29 is 28.8 Å². The van der Waals surface area contributed by atoms with E-state index >= 15 is 0 Å². The summed E-state index contributed by atoms with van der Waals surface area (Å²) in [6.07, 6.45) is 44.5. The van der Waals surface area contributed by atoms with Crippen molar-refractivity contribution in [2.75, 3.05) is 46.2 Å². The Morgan fingerprint density at radius 2 is 0.842 bits per heavy atom. The predicted molar refractivity (Wildman–Crippen MR) is 247 cm³/mol. The molecule has 0 bridgehead atoms. The van der Waals surface area contributed by atoms with Crippen molar-refractivity contribution in [2.45, 2.75) is 272 Å². The summed E-state index contributed by atoms with van der Waals surface area (Å²) in [7, 11) is 0. The standard InChI is InChI=1S/C43H87NO5.C7H16O/c1-3-5-7-9-11-13-15-17-19-21-23-25-27-29-31-33-38-47-40-42(41-49-43(46)44-36-35-37-45)48-39-34-32-30-28-26-24-22-20-18-16-14-12-10-8-6-4-2;1-5-6-8-7(2,3)4/h42,45H,3-41H2,1-2H3,(H,44,46);5-6H2,1-4H3. The number of aliphatic hydroxyl groups is 1. The van der Waals surface area contributed by atoms with Crippen molar-refractivity contribution in [3.8, 4) is 0 Å². The van der Waals surface area contributed by atoms with Crippen LogP contribution in [0.4, 0.5) is 4.79 Å². The lowest BCUT2D eigenvalue weighted by Crippen LogP contribution is -2.32. The van der Waals surface area contributed by atoms with Crippen LogP contribution < -0.4 is 5.32 Å². The number of ether oxygens (including phenoxy) is 4. The third-order valence-corrected chi connectivity index (χ3v) is 10.5. The van der Waals surface area contributed by atoms with Gasteiger partial charge < -0.3 is 29.4 Å². The molecule has 1 atom stereocenters. The Bertz CT molecular complexity index is 745. The average molecular weight is 814 g/mol. The first-order chi connectivity index (χ1) is 27.8. The number of carbonyl (C=O) groups excluding carboxylic acids is 1. The summed E-state index contributed by atoms with van der Waals surface area (Å²) in [6.45, 7) is 16.3. The van der Waals surface area contributed by atoms with Crippen LogP contribution in [0.15, 0.2) is 0 Å². The van der Waals surface area contributed by atoms with Crippen molar-refractivity contribution in [1.82, 2.24) is 5.32 Å². The van der Waals surface area contributed by atoms with Crippen molar-refractivity contribution in [2.24, 2.45) is 0 Å². The monoisotopic (exact) mass is 814 g/mol. The molecule has 7 heteroatoms. The Labute approximate surface area is 357 Å². The molecule has 1 amide bonds. The molecular formula is C50H103NO6. The fourth-order valence-electron chi connectivity index (χ4n) is 6.91. The molecule has 1 unspecified atom stereocenters. The van der Waals surface area contributed by atoms with Gasteiger partial charge >= 0.3 is 6.09 Å². The minimum absolute atomic E-state index is 0.0516. The minimum Gasteiger partial charge on any atom is -0.447 e. The number of unbranched alkanes of at least 4 members (excludes halogenated alkanes) is 30. The van der Waals surface area contributed by atoms with Gasteiger partial charge in [0, 0.05) is 33.0 Å². The van der Waals surface area contributed by atoms with E-state index in [-0.39, 0.29) is 24.9 Å². The van der Waals surface area contributed by atoms with Crippen LogP contribution in [0.1, 0.15) is 260 Å². The van der Waals surface area contributed by atoms with Crippen molar-refractivity contribution in [1.29, 1.82) is 0 Å².